The quantitative estimate of drug-likeness (QED) is 0.583. The highest BCUT2D eigenvalue weighted by Crippen LogP contribution is 2.46. The van der Waals surface area contributed by atoms with Gasteiger partial charge in [0.05, 0.1) is 0 Å². The summed E-state index contributed by atoms with van der Waals surface area (Å²) in [5.41, 5.74) is 0.889. The minimum atomic E-state index is 0.408. The molecule has 0 aromatic carbocycles. The summed E-state index contributed by atoms with van der Waals surface area (Å²) < 4.78 is 0. The van der Waals surface area contributed by atoms with E-state index in [1.807, 2.05) is 0 Å². The lowest BCUT2D eigenvalue weighted by molar-refractivity contribution is -0.00567. The normalized spacial score (nSPS) is 35.5. The second-order valence-corrected chi connectivity index (χ2v) is 5.26. The van der Waals surface area contributed by atoms with Crippen LogP contribution in [0.1, 0.15) is 46.5 Å². The molecular weight excluding hydrogens is 146 g/mol. The van der Waals surface area contributed by atoms with Crippen molar-refractivity contribution in [3.8, 4) is 0 Å². The highest BCUT2D eigenvalue weighted by molar-refractivity contribution is 4.99. The van der Waals surface area contributed by atoms with Crippen molar-refractivity contribution in [2.45, 2.75) is 52.0 Å². The Balaban J connectivity index is 2.84. The van der Waals surface area contributed by atoms with Crippen molar-refractivity contribution in [3.63, 3.8) is 0 Å². The average molecular weight is 169 g/mol. The predicted octanol–water partition coefficient (Wildman–Crippen LogP) is 2.91. The van der Waals surface area contributed by atoms with Gasteiger partial charge in [-0.3, -0.25) is 0 Å². The topological polar surface area (TPSA) is 3.24 Å². The fraction of sp³-hybridized carbons (Fsp3) is 1.00. The number of hydrogen-bond acceptors (Lipinski definition) is 1. The first-order valence-corrected chi connectivity index (χ1v) is 5.08. The van der Waals surface area contributed by atoms with Crippen LogP contribution in [0.2, 0.25) is 0 Å². The van der Waals surface area contributed by atoms with Crippen LogP contribution in [0.15, 0.2) is 0 Å². The zero-order valence-corrected chi connectivity index (χ0v) is 9.28. The second kappa shape index (κ2) is 3.02. The van der Waals surface area contributed by atoms with Gasteiger partial charge in [0.1, 0.15) is 0 Å². The molecular formula is C11H23N. The molecule has 1 rings (SSSR count). The SMILES string of the molecule is CN(C)C1(C)CCCCC1(C)C. The molecule has 1 fully saturated rings. The van der Waals surface area contributed by atoms with E-state index in [-0.39, 0.29) is 0 Å². The van der Waals surface area contributed by atoms with Gasteiger partial charge in [0.2, 0.25) is 0 Å². The molecule has 1 unspecified atom stereocenters. The van der Waals surface area contributed by atoms with Crippen LogP contribution >= 0.6 is 0 Å². The van der Waals surface area contributed by atoms with E-state index in [2.05, 4.69) is 39.8 Å². The average Bonchev–Trinajstić information content (AvgIpc) is 1.95. The first-order valence-electron chi connectivity index (χ1n) is 5.08. The molecule has 0 aliphatic heterocycles. The molecule has 0 radical (unpaired) electrons. The van der Waals surface area contributed by atoms with Gasteiger partial charge < -0.3 is 4.90 Å². The van der Waals surface area contributed by atoms with E-state index in [0.717, 1.165) is 0 Å². The van der Waals surface area contributed by atoms with E-state index in [4.69, 9.17) is 0 Å². The van der Waals surface area contributed by atoms with Crippen molar-refractivity contribution >= 4 is 0 Å². The van der Waals surface area contributed by atoms with Gasteiger partial charge in [-0.05, 0) is 39.3 Å². The molecule has 0 aromatic heterocycles. The van der Waals surface area contributed by atoms with Crippen LogP contribution in [0.5, 0.6) is 0 Å². The molecule has 1 aliphatic rings. The van der Waals surface area contributed by atoms with Crippen LogP contribution < -0.4 is 0 Å². The Morgan fingerprint density at radius 2 is 1.42 bits per heavy atom. The molecule has 1 atom stereocenters. The third kappa shape index (κ3) is 1.39. The summed E-state index contributed by atoms with van der Waals surface area (Å²) in [5, 5.41) is 0. The molecule has 1 heteroatoms. The van der Waals surface area contributed by atoms with E-state index < -0.39 is 0 Å². The van der Waals surface area contributed by atoms with Gasteiger partial charge in [0.25, 0.3) is 0 Å². The van der Waals surface area contributed by atoms with Crippen molar-refractivity contribution in [1.82, 2.24) is 4.90 Å². The molecule has 0 amide bonds. The van der Waals surface area contributed by atoms with Gasteiger partial charge in [-0.1, -0.05) is 26.7 Å². The van der Waals surface area contributed by atoms with Crippen molar-refractivity contribution < 1.29 is 0 Å². The molecule has 0 aromatic rings. The molecule has 0 N–H and O–H groups in total. The fourth-order valence-electron chi connectivity index (χ4n) is 2.47. The van der Waals surface area contributed by atoms with Gasteiger partial charge in [-0.15, -0.1) is 0 Å². The summed E-state index contributed by atoms with van der Waals surface area (Å²) in [4.78, 5) is 2.41. The number of rotatable bonds is 1. The van der Waals surface area contributed by atoms with Gasteiger partial charge in [0, 0.05) is 5.54 Å². The maximum atomic E-state index is 2.41. The minimum Gasteiger partial charge on any atom is -0.303 e. The monoisotopic (exact) mass is 169 g/mol. The lowest BCUT2D eigenvalue weighted by Gasteiger charge is -2.52. The van der Waals surface area contributed by atoms with Crippen LogP contribution in [0.4, 0.5) is 0 Å². The summed E-state index contributed by atoms with van der Waals surface area (Å²) in [5.74, 6) is 0. The fourth-order valence-corrected chi connectivity index (χ4v) is 2.47. The van der Waals surface area contributed by atoms with E-state index in [1.165, 1.54) is 25.7 Å². The Kier molecular flexibility index (Phi) is 2.53. The lowest BCUT2D eigenvalue weighted by Crippen LogP contribution is -2.54. The molecule has 72 valence electrons. The first kappa shape index (κ1) is 10.0. The van der Waals surface area contributed by atoms with Gasteiger partial charge >= 0.3 is 0 Å². The zero-order valence-electron chi connectivity index (χ0n) is 9.28. The Hall–Kier alpha value is -0.0400. The third-order valence-electron chi connectivity index (χ3n) is 4.16. The summed E-state index contributed by atoms with van der Waals surface area (Å²) in [6.45, 7) is 7.23. The van der Waals surface area contributed by atoms with Gasteiger partial charge in [-0.25, -0.2) is 0 Å². The van der Waals surface area contributed by atoms with Crippen LogP contribution in [0, 0.1) is 5.41 Å². The summed E-state index contributed by atoms with van der Waals surface area (Å²) in [6, 6.07) is 0. The Bertz CT molecular complexity index is 160. The smallest absolute Gasteiger partial charge is 0.0226 e. The van der Waals surface area contributed by atoms with E-state index >= 15 is 0 Å². The minimum absolute atomic E-state index is 0.408. The number of hydrogen-bond donors (Lipinski definition) is 0. The van der Waals surface area contributed by atoms with Crippen LogP contribution in [0.3, 0.4) is 0 Å². The summed E-state index contributed by atoms with van der Waals surface area (Å²) in [7, 11) is 4.43. The molecule has 12 heavy (non-hydrogen) atoms. The Labute approximate surface area is 77.1 Å². The highest BCUT2D eigenvalue weighted by atomic mass is 15.2. The Morgan fingerprint density at radius 3 is 1.75 bits per heavy atom. The largest absolute Gasteiger partial charge is 0.303 e. The van der Waals surface area contributed by atoms with Crippen LogP contribution in [-0.4, -0.2) is 24.5 Å². The standard InChI is InChI=1S/C11H23N/c1-10(2)8-6-7-9-11(10,3)12(4)5/h6-9H2,1-5H3. The lowest BCUT2D eigenvalue weighted by atomic mass is 9.63. The number of nitrogens with zero attached hydrogens (tertiary/aromatic N) is 1. The van der Waals surface area contributed by atoms with Crippen LogP contribution in [0.25, 0.3) is 0 Å². The molecule has 1 nitrogen and oxygen atoms in total. The first-order chi connectivity index (χ1) is 5.40. The maximum absolute atomic E-state index is 2.41. The van der Waals surface area contributed by atoms with Crippen molar-refractivity contribution in [2.75, 3.05) is 14.1 Å². The highest BCUT2D eigenvalue weighted by Gasteiger charge is 2.44. The zero-order chi connectivity index (χ0) is 9.41. The van der Waals surface area contributed by atoms with Crippen molar-refractivity contribution in [1.29, 1.82) is 0 Å². The summed E-state index contributed by atoms with van der Waals surface area (Å²) >= 11 is 0. The van der Waals surface area contributed by atoms with Gasteiger partial charge in [-0.2, -0.15) is 0 Å². The molecule has 0 saturated heterocycles. The molecule has 0 spiro atoms. The van der Waals surface area contributed by atoms with E-state index in [9.17, 15) is 0 Å². The van der Waals surface area contributed by atoms with Crippen molar-refractivity contribution in [2.24, 2.45) is 5.41 Å². The third-order valence-corrected chi connectivity index (χ3v) is 4.16. The second-order valence-electron chi connectivity index (χ2n) is 5.26. The van der Waals surface area contributed by atoms with Crippen LogP contribution in [-0.2, 0) is 0 Å². The van der Waals surface area contributed by atoms with Gasteiger partial charge in [0.15, 0.2) is 0 Å². The molecule has 1 saturated carbocycles. The molecule has 1 aliphatic carbocycles. The van der Waals surface area contributed by atoms with E-state index in [1.54, 1.807) is 0 Å². The Morgan fingerprint density at radius 1 is 0.917 bits per heavy atom. The van der Waals surface area contributed by atoms with Crippen molar-refractivity contribution in [3.05, 3.63) is 0 Å². The van der Waals surface area contributed by atoms with E-state index in [0.29, 0.717) is 11.0 Å². The predicted molar refractivity (Wildman–Crippen MR) is 54.3 cm³/mol. The maximum Gasteiger partial charge on any atom is 0.0226 e. The molecule has 0 heterocycles. The summed E-state index contributed by atoms with van der Waals surface area (Å²) in [6.07, 6.45) is 5.54. The molecule has 0 bridgehead atoms.